The van der Waals surface area contributed by atoms with E-state index in [-0.39, 0.29) is 17.9 Å². The number of aromatic nitrogens is 2. The van der Waals surface area contributed by atoms with Gasteiger partial charge in [0, 0.05) is 11.6 Å². The second-order valence-corrected chi connectivity index (χ2v) is 5.07. The van der Waals surface area contributed by atoms with Crippen LogP contribution in [0, 0.1) is 5.82 Å². The van der Waals surface area contributed by atoms with Crippen molar-refractivity contribution in [3.8, 4) is 17.0 Å². The third kappa shape index (κ3) is 3.45. The van der Waals surface area contributed by atoms with Crippen LogP contribution in [0.15, 0.2) is 65.5 Å². The molecule has 3 aromatic rings. The molecule has 5 heteroatoms. The average molecular weight is 310 g/mol. The van der Waals surface area contributed by atoms with Crippen LogP contribution in [0.2, 0.25) is 0 Å². The minimum atomic E-state index is -0.306. The summed E-state index contributed by atoms with van der Waals surface area (Å²) in [4.78, 5) is 12.0. The maximum atomic E-state index is 13.0. The molecule has 0 amide bonds. The first kappa shape index (κ1) is 15.0. The van der Waals surface area contributed by atoms with Crippen LogP contribution in [0.25, 0.3) is 11.3 Å². The lowest BCUT2D eigenvalue weighted by Gasteiger charge is -2.08. The lowest BCUT2D eigenvalue weighted by molar-refractivity contribution is 0.415. The van der Waals surface area contributed by atoms with Crippen LogP contribution in [0.1, 0.15) is 5.56 Å². The number of benzene rings is 2. The van der Waals surface area contributed by atoms with Gasteiger partial charge in [0.25, 0.3) is 5.56 Å². The molecular formula is C18H15FN2O2. The highest BCUT2D eigenvalue weighted by Gasteiger charge is 2.05. The third-order valence-electron chi connectivity index (χ3n) is 3.48. The molecule has 3 rings (SSSR count). The number of nitrogens with zero attached hydrogens (tertiary/aromatic N) is 2. The monoisotopic (exact) mass is 310 g/mol. The molecule has 4 nitrogen and oxygen atoms in total. The van der Waals surface area contributed by atoms with E-state index in [0.717, 1.165) is 16.9 Å². The summed E-state index contributed by atoms with van der Waals surface area (Å²) in [5, 5.41) is 4.39. The molecule has 0 unspecified atom stereocenters. The highest BCUT2D eigenvalue weighted by atomic mass is 19.1. The van der Waals surface area contributed by atoms with E-state index in [4.69, 9.17) is 4.74 Å². The van der Waals surface area contributed by atoms with Gasteiger partial charge in [-0.3, -0.25) is 4.79 Å². The minimum Gasteiger partial charge on any atom is -0.497 e. The molecule has 0 saturated carbocycles. The highest BCUT2D eigenvalue weighted by molar-refractivity contribution is 5.60. The van der Waals surface area contributed by atoms with Gasteiger partial charge in [0.05, 0.1) is 19.3 Å². The van der Waals surface area contributed by atoms with Crippen molar-refractivity contribution in [3.63, 3.8) is 0 Å². The van der Waals surface area contributed by atoms with Gasteiger partial charge in [-0.2, -0.15) is 5.10 Å². The number of rotatable bonds is 4. The Hall–Kier alpha value is -2.95. The lowest BCUT2D eigenvalue weighted by atomic mass is 10.1. The molecule has 0 aliphatic rings. The molecule has 1 heterocycles. The summed E-state index contributed by atoms with van der Waals surface area (Å²) in [6.45, 7) is 0.289. The molecule has 0 aliphatic carbocycles. The standard InChI is InChI=1S/C18H15FN2O2/c1-23-16-4-2-3-14(11-16)17-9-10-18(22)21(20-17)12-13-5-7-15(19)8-6-13/h2-11H,12H2,1H3. The van der Waals surface area contributed by atoms with Crippen LogP contribution in [0.5, 0.6) is 5.75 Å². The van der Waals surface area contributed by atoms with Crippen molar-refractivity contribution in [2.45, 2.75) is 6.54 Å². The first-order valence-corrected chi connectivity index (χ1v) is 7.13. The number of halogens is 1. The van der Waals surface area contributed by atoms with E-state index < -0.39 is 0 Å². The van der Waals surface area contributed by atoms with Crippen LogP contribution in [-0.2, 0) is 6.54 Å². The van der Waals surface area contributed by atoms with Gasteiger partial charge >= 0.3 is 0 Å². The van der Waals surface area contributed by atoms with Crippen LogP contribution < -0.4 is 10.3 Å². The number of hydrogen-bond donors (Lipinski definition) is 0. The molecule has 0 saturated heterocycles. The van der Waals surface area contributed by atoms with Gasteiger partial charge in [0.2, 0.25) is 0 Å². The molecule has 116 valence electrons. The summed E-state index contributed by atoms with van der Waals surface area (Å²) in [5.41, 5.74) is 2.13. The van der Waals surface area contributed by atoms with E-state index in [1.165, 1.54) is 22.9 Å². The molecule has 0 aliphatic heterocycles. The van der Waals surface area contributed by atoms with Crippen molar-refractivity contribution < 1.29 is 9.13 Å². The molecule has 0 N–H and O–H groups in total. The van der Waals surface area contributed by atoms with Crippen molar-refractivity contribution in [1.29, 1.82) is 0 Å². The lowest BCUT2D eigenvalue weighted by Crippen LogP contribution is -2.22. The maximum absolute atomic E-state index is 13.0. The van der Waals surface area contributed by atoms with Crippen molar-refractivity contribution in [1.82, 2.24) is 9.78 Å². The van der Waals surface area contributed by atoms with Gasteiger partial charge in [0.15, 0.2) is 0 Å². The Balaban J connectivity index is 1.95. The quantitative estimate of drug-likeness (QED) is 0.744. The first-order valence-electron chi connectivity index (χ1n) is 7.13. The summed E-state index contributed by atoms with van der Waals surface area (Å²) >= 11 is 0. The summed E-state index contributed by atoms with van der Waals surface area (Å²) in [6, 6.07) is 16.6. The molecule has 0 radical (unpaired) electrons. The van der Waals surface area contributed by atoms with Crippen molar-refractivity contribution in [2.75, 3.05) is 7.11 Å². The van der Waals surface area contributed by atoms with Crippen molar-refractivity contribution in [2.24, 2.45) is 0 Å². The van der Waals surface area contributed by atoms with Crippen LogP contribution in [0.3, 0.4) is 0 Å². The SMILES string of the molecule is COc1cccc(-c2ccc(=O)n(Cc3ccc(F)cc3)n2)c1. The predicted molar refractivity (Wildman–Crippen MR) is 86.0 cm³/mol. The predicted octanol–water partition coefficient (Wildman–Crippen LogP) is 3.11. The Morgan fingerprint density at radius 3 is 2.61 bits per heavy atom. The molecule has 0 atom stereocenters. The van der Waals surface area contributed by atoms with E-state index in [0.29, 0.717) is 5.69 Å². The van der Waals surface area contributed by atoms with Gasteiger partial charge in [-0.25, -0.2) is 9.07 Å². The van der Waals surface area contributed by atoms with E-state index in [1.54, 1.807) is 25.3 Å². The van der Waals surface area contributed by atoms with Gasteiger partial charge in [-0.05, 0) is 35.9 Å². The molecule has 0 spiro atoms. The van der Waals surface area contributed by atoms with E-state index in [2.05, 4.69) is 5.10 Å². The zero-order chi connectivity index (χ0) is 16.2. The van der Waals surface area contributed by atoms with Crippen LogP contribution >= 0.6 is 0 Å². The van der Waals surface area contributed by atoms with Gasteiger partial charge in [-0.15, -0.1) is 0 Å². The average Bonchev–Trinajstić information content (AvgIpc) is 2.59. The fraction of sp³-hybridized carbons (Fsp3) is 0.111. The van der Waals surface area contributed by atoms with Gasteiger partial charge in [0.1, 0.15) is 11.6 Å². The maximum Gasteiger partial charge on any atom is 0.267 e. The van der Waals surface area contributed by atoms with E-state index in [1.807, 2.05) is 24.3 Å². The summed E-state index contributed by atoms with van der Waals surface area (Å²) < 4.78 is 19.5. The first-order chi connectivity index (χ1) is 11.2. The summed E-state index contributed by atoms with van der Waals surface area (Å²) in [6.07, 6.45) is 0. The van der Waals surface area contributed by atoms with Gasteiger partial charge in [-0.1, -0.05) is 24.3 Å². The molecular weight excluding hydrogens is 295 g/mol. The minimum absolute atomic E-state index is 0.207. The second-order valence-electron chi connectivity index (χ2n) is 5.07. The second kappa shape index (κ2) is 6.44. The summed E-state index contributed by atoms with van der Waals surface area (Å²) in [7, 11) is 1.60. The fourth-order valence-corrected chi connectivity index (χ4v) is 2.26. The Morgan fingerprint density at radius 2 is 1.87 bits per heavy atom. The Bertz CT molecular complexity index is 873. The number of methoxy groups -OCH3 is 1. The molecule has 23 heavy (non-hydrogen) atoms. The van der Waals surface area contributed by atoms with Crippen molar-refractivity contribution >= 4 is 0 Å². The van der Waals surface area contributed by atoms with E-state index in [9.17, 15) is 9.18 Å². The van der Waals surface area contributed by atoms with Crippen LogP contribution in [-0.4, -0.2) is 16.9 Å². The highest BCUT2D eigenvalue weighted by Crippen LogP contribution is 2.21. The van der Waals surface area contributed by atoms with E-state index >= 15 is 0 Å². The number of hydrogen-bond acceptors (Lipinski definition) is 3. The topological polar surface area (TPSA) is 44.1 Å². The third-order valence-corrected chi connectivity index (χ3v) is 3.48. The van der Waals surface area contributed by atoms with Crippen LogP contribution in [0.4, 0.5) is 4.39 Å². The Kier molecular flexibility index (Phi) is 4.19. The molecule has 2 aromatic carbocycles. The van der Waals surface area contributed by atoms with Crippen molar-refractivity contribution in [3.05, 3.63) is 82.4 Å². The smallest absolute Gasteiger partial charge is 0.267 e. The molecule has 0 bridgehead atoms. The molecule has 0 fully saturated rings. The normalized spacial score (nSPS) is 10.5. The van der Waals surface area contributed by atoms with Gasteiger partial charge < -0.3 is 4.74 Å². The fourth-order valence-electron chi connectivity index (χ4n) is 2.26. The Labute approximate surface area is 132 Å². The Morgan fingerprint density at radius 1 is 1.09 bits per heavy atom. The summed E-state index contributed by atoms with van der Waals surface area (Å²) in [5.74, 6) is 0.416. The zero-order valence-electron chi connectivity index (χ0n) is 12.6. The zero-order valence-corrected chi connectivity index (χ0v) is 12.6. The largest absolute Gasteiger partial charge is 0.497 e. The molecule has 1 aromatic heterocycles. The number of ether oxygens (including phenoxy) is 1.